The summed E-state index contributed by atoms with van der Waals surface area (Å²) in [5.41, 5.74) is 10.7. The number of carbonyl (C=O) groups is 8. The smallest absolute Gasteiger partial charge is 0.328 e. The van der Waals surface area contributed by atoms with E-state index in [1.165, 1.54) is 14.7 Å². The lowest BCUT2D eigenvalue weighted by molar-refractivity contribution is -0.151. The van der Waals surface area contributed by atoms with E-state index in [0.29, 0.717) is 25.7 Å². The third-order valence-corrected chi connectivity index (χ3v) is 8.55. The Balaban J connectivity index is 1.71. The molecule has 7 amide bonds. The number of primary amides is 1. The van der Waals surface area contributed by atoms with Gasteiger partial charge in [0.15, 0.2) is 0 Å². The van der Waals surface area contributed by atoms with Crippen molar-refractivity contribution in [2.24, 2.45) is 11.5 Å². The van der Waals surface area contributed by atoms with Gasteiger partial charge in [0.1, 0.15) is 36.3 Å². The van der Waals surface area contributed by atoms with Crippen molar-refractivity contribution in [1.29, 1.82) is 0 Å². The molecule has 3 rings (SSSR count). The third kappa shape index (κ3) is 9.35. The van der Waals surface area contributed by atoms with Crippen LogP contribution in [0.1, 0.15) is 51.4 Å². The van der Waals surface area contributed by atoms with Crippen molar-refractivity contribution in [1.82, 2.24) is 30.7 Å². The number of aliphatic carboxylic acids is 1. The summed E-state index contributed by atoms with van der Waals surface area (Å²) in [5.74, 6) is -6.06. The number of nitrogens with zero attached hydrogens (tertiary/aromatic N) is 3. The van der Waals surface area contributed by atoms with Gasteiger partial charge in [0.2, 0.25) is 41.4 Å². The summed E-state index contributed by atoms with van der Waals surface area (Å²) < 4.78 is 0. The Labute approximate surface area is 270 Å². The molecular formula is C28H44N8O11. The fraction of sp³-hybridized carbons (Fsp3) is 0.714. The van der Waals surface area contributed by atoms with Crippen LogP contribution in [-0.4, -0.2) is 153 Å². The zero-order valence-corrected chi connectivity index (χ0v) is 26.0. The standard InChI is InChI=1S/C28H44N8O11/c29-15(13-37)23(41)31-12-22(40)32-16(7-8-21(30)39)25(43)35-10-2-5-19(35)27(45)36-11-3-6-20(36)26(44)34-9-1-4-18(34)24(42)33-17(14-38)28(46)47/h15-20,37-38H,1-14,29H2,(H2,30,39)(H,31,41)(H,32,40)(H,33,42)(H,46,47)/t15-,16-,17-,18-,19-,20-/m0/s1. The second-order valence-corrected chi connectivity index (χ2v) is 11.8. The Bertz CT molecular complexity index is 1230. The quantitative estimate of drug-likeness (QED) is 0.0812. The van der Waals surface area contributed by atoms with E-state index >= 15 is 0 Å². The lowest BCUT2D eigenvalue weighted by Crippen LogP contribution is -2.58. The number of nitrogens with one attached hydrogen (secondary N) is 3. The Morgan fingerprint density at radius 1 is 0.745 bits per heavy atom. The number of rotatable bonds is 15. The van der Waals surface area contributed by atoms with Crippen LogP contribution in [0.3, 0.4) is 0 Å². The molecule has 0 aromatic heterocycles. The van der Waals surface area contributed by atoms with Crippen LogP contribution in [-0.2, 0) is 38.4 Å². The lowest BCUT2D eigenvalue weighted by Gasteiger charge is -2.35. The molecule has 0 radical (unpaired) electrons. The highest BCUT2D eigenvalue weighted by atomic mass is 16.4. The Hall–Kier alpha value is -4.36. The minimum atomic E-state index is -1.53. The first kappa shape index (κ1) is 37.1. The van der Waals surface area contributed by atoms with Crippen LogP contribution in [0.15, 0.2) is 0 Å². The minimum Gasteiger partial charge on any atom is -0.480 e. The highest BCUT2D eigenvalue weighted by molar-refractivity contribution is 5.97. The SMILES string of the molecule is NC(=O)CC[C@H](NC(=O)CNC(=O)[C@@H](N)CO)C(=O)N1CCC[C@H]1C(=O)N1CCC[C@H]1C(=O)N1CCC[C@H]1C(=O)N[C@@H](CO)C(=O)O. The second kappa shape index (κ2) is 17.0. The van der Waals surface area contributed by atoms with Crippen molar-refractivity contribution in [3.8, 4) is 0 Å². The molecule has 3 aliphatic heterocycles. The molecule has 3 saturated heterocycles. The molecule has 6 atom stereocenters. The molecule has 0 aromatic rings. The summed E-state index contributed by atoms with van der Waals surface area (Å²) in [7, 11) is 0. The number of carboxylic acid groups (broad SMARTS) is 1. The van der Waals surface area contributed by atoms with E-state index in [0.717, 1.165) is 0 Å². The second-order valence-electron chi connectivity index (χ2n) is 11.8. The molecule has 19 nitrogen and oxygen atoms in total. The van der Waals surface area contributed by atoms with Crippen LogP contribution in [0.4, 0.5) is 0 Å². The minimum absolute atomic E-state index is 0.163. The van der Waals surface area contributed by atoms with Crippen molar-refractivity contribution >= 4 is 47.3 Å². The first-order valence-corrected chi connectivity index (χ1v) is 15.6. The van der Waals surface area contributed by atoms with Gasteiger partial charge in [-0.1, -0.05) is 0 Å². The van der Waals surface area contributed by atoms with Crippen LogP contribution >= 0.6 is 0 Å². The molecule has 0 aromatic carbocycles. The molecule has 0 spiro atoms. The maximum absolute atomic E-state index is 13.9. The topological polar surface area (TPSA) is 295 Å². The summed E-state index contributed by atoms with van der Waals surface area (Å²) in [6.07, 6.45) is 1.84. The molecule has 3 heterocycles. The Morgan fingerprint density at radius 2 is 1.28 bits per heavy atom. The number of hydrogen-bond donors (Lipinski definition) is 8. The molecule has 262 valence electrons. The van der Waals surface area contributed by atoms with Crippen molar-refractivity contribution in [2.45, 2.75) is 87.6 Å². The highest BCUT2D eigenvalue weighted by Crippen LogP contribution is 2.29. The fourth-order valence-electron chi connectivity index (χ4n) is 6.08. The number of nitrogens with two attached hydrogens (primary N) is 2. The van der Waals surface area contributed by atoms with Crippen molar-refractivity contribution in [3.05, 3.63) is 0 Å². The molecule has 19 heteroatoms. The normalized spacial score (nSPS) is 22.7. The Morgan fingerprint density at radius 3 is 1.81 bits per heavy atom. The van der Waals surface area contributed by atoms with E-state index in [1.807, 2.05) is 0 Å². The van der Waals surface area contributed by atoms with Gasteiger partial charge < -0.3 is 57.4 Å². The number of aliphatic hydroxyl groups excluding tert-OH is 2. The maximum Gasteiger partial charge on any atom is 0.328 e. The van der Waals surface area contributed by atoms with E-state index < -0.39 is 103 Å². The van der Waals surface area contributed by atoms with Crippen LogP contribution in [0, 0.1) is 0 Å². The van der Waals surface area contributed by atoms with Gasteiger partial charge in [-0.3, -0.25) is 33.6 Å². The van der Waals surface area contributed by atoms with Gasteiger partial charge in [-0.05, 0) is 44.9 Å². The van der Waals surface area contributed by atoms with Crippen LogP contribution in [0.2, 0.25) is 0 Å². The van der Waals surface area contributed by atoms with Gasteiger partial charge in [-0.2, -0.15) is 0 Å². The van der Waals surface area contributed by atoms with Gasteiger partial charge in [0.05, 0.1) is 19.8 Å². The van der Waals surface area contributed by atoms with E-state index in [1.54, 1.807) is 0 Å². The zero-order chi connectivity index (χ0) is 34.8. The van der Waals surface area contributed by atoms with Crippen molar-refractivity contribution in [2.75, 3.05) is 39.4 Å². The number of aliphatic hydroxyl groups is 2. The van der Waals surface area contributed by atoms with Crippen LogP contribution in [0.25, 0.3) is 0 Å². The van der Waals surface area contributed by atoms with E-state index in [4.69, 9.17) is 16.6 Å². The molecule has 0 saturated carbocycles. The lowest BCUT2D eigenvalue weighted by atomic mass is 10.1. The summed E-state index contributed by atoms with van der Waals surface area (Å²) in [4.78, 5) is 105. The summed E-state index contributed by atoms with van der Waals surface area (Å²) in [6, 6.07) is -6.91. The van der Waals surface area contributed by atoms with E-state index in [-0.39, 0.29) is 45.3 Å². The molecule has 0 bridgehead atoms. The molecule has 47 heavy (non-hydrogen) atoms. The predicted octanol–water partition coefficient (Wildman–Crippen LogP) is -5.29. The number of likely N-dealkylation sites (tertiary alicyclic amines) is 3. The summed E-state index contributed by atoms with van der Waals surface area (Å²) in [6.45, 7) is -1.44. The monoisotopic (exact) mass is 668 g/mol. The maximum atomic E-state index is 13.9. The summed E-state index contributed by atoms with van der Waals surface area (Å²) in [5, 5.41) is 34.4. The first-order valence-electron chi connectivity index (χ1n) is 15.6. The molecule has 0 unspecified atom stereocenters. The van der Waals surface area contributed by atoms with Gasteiger partial charge in [0.25, 0.3) is 0 Å². The number of hydrogen-bond acceptors (Lipinski definition) is 11. The number of amides is 7. The average Bonchev–Trinajstić information content (AvgIpc) is 3.83. The number of carboxylic acids is 1. The zero-order valence-electron chi connectivity index (χ0n) is 26.0. The first-order chi connectivity index (χ1) is 22.3. The fourth-order valence-corrected chi connectivity index (χ4v) is 6.08. The highest BCUT2D eigenvalue weighted by Gasteiger charge is 2.46. The molecular weight excluding hydrogens is 624 g/mol. The van der Waals surface area contributed by atoms with Gasteiger partial charge in [0, 0.05) is 26.1 Å². The van der Waals surface area contributed by atoms with Crippen molar-refractivity contribution < 1.29 is 53.7 Å². The van der Waals surface area contributed by atoms with E-state index in [2.05, 4.69) is 16.0 Å². The molecule has 0 aliphatic carbocycles. The largest absolute Gasteiger partial charge is 0.480 e. The van der Waals surface area contributed by atoms with E-state index in [9.17, 15) is 48.6 Å². The molecule has 3 fully saturated rings. The summed E-state index contributed by atoms with van der Waals surface area (Å²) >= 11 is 0. The molecule has 3 aliphatic rings. The average molecular weight is 669 g/mol. The van der Waals surface area contributed by atoms with Crippen molar-refractivity contribution in [3.63, 3.8) is 0 Å². The van der Waals surface area contributed by atoms with Gasteiger partial charge in [-0.25, -0.2) is 4.79 Å². The number of carbonyl (C=O) groups excluding carboxylic acids is 7. The Kier molecular flexibility index (Phi) is 13.4. The van der Waals surface area contributed by atoms with Crippen LogP contribution < -0.4 is 27.4 Å². The predicted molar refractivity (Wildman–Crippen MR) is 159 cm³/mol. The van der Waals surface area contributed by atoms with Crippen LogP contribution in [0.5, 0.6) is 0 Å². The third-order valence-electron chi connectivity index (χ3n) is 8.55. The van der Waals surface area contributed by atoms with Gasteiger partial charge in [-0.15, -0.1) is 0 Å². The molecule has 10 N–H and O–H groups in total. The van der Waals surface area contributed by atoms with Gasteiger partial charge >= 0.3 is 5.97 Å².